The Balaban J connectivity index is 0.902. The van der Waals surface area contributed by atoms with E-state index in [9.17, 15) is 10.2 Å². The number of rotatable bonds is 10. The first-order chi connectivity index (χ1) is 29.7. The molecule has 2 aliphatic rings. The largest absolute Gasteiger partial charge is 0.508 e. The summed E-state index contributed by atoms with van der Waals surface area (Å²) in [6.45, 7) is 0. The van der Waals surface area contributed by atoms with Crippen LogP contribution in [-0.2, 0) is 15.6 Å². The molecule has 10 rings (SSSR count). The van der Waals surface area contributed by atoms with Gasteiger partial charge in [-0.25, -0.2) is 0 Å². The van der Waals surface area contributed by atoms with Crippen LogP contribution in [0, 0.1) is 0 Å². The second-order valence-electron chi connectivity index (χ2n) is 15.3. The Labute approximate surface area is 354 Å². The van der Waals surface area contributed by atoms with Crippen molar-refractivity contribution >= 4 is 36.7 Å². The van der Waals surface area contributed by atoms with Crippen LogP contribution in [0.2, 0.25) is 0 Å². The number of phenols is 2. The van der Waals surface area contributed by atoms with E-state index in [2.05, 4.69) is 10.6 Å². The van der Waals surface area contributed by atoms with Gasteiger partial charge in [-0.15, -0.1) is 0 Å². The molecule has 300 valence electrons. The van der Waals surface area contributed by atoms with Crippen LogP contribution in [0.25, 0.3) is 22.3 Å². The van der Waals surface area contributed by atoms with E-state index >= 15 is 9.13 Å². The van der Waals surface area contributed by atoms with Crippen LogP contribution in [0.5, 0.6) is 23.0 Å². The summed E-state index contributed by atoms with van der Waals surface area (Å²) in [6, 6.07) is 60.3. The zero-order valence-electron chi connectivity index (χ0n) is 32.8. The molecule has 4 unspecified atom stereocenters. The lowest BCUT2D eigenvalue weighted by atomic mass is 10.0. The van der Waals surface area contributed by atoms with Crippen LogP contribution in [0.4, 0.5) is 11.4 Å². The van der Waals surface area contributed by atoms with Gasteiger partial charge in [-0.05, 0) is 113 Å². The van der Waals surface area contributed by atoms with E-state index in [1.165, 1.54) is 0 Å². The minimum Gasteiger partial charge on any atom is -0.508 e. The summed E-state index contributed by atoms with van der Waals surface area (Å²) >= 11 is 0. The number of fused-ring (bicyclic) bond motifs is 6. The SMILES string of the molecule is O=P1(C(Nc2ccc(Cc3ccc(NC(c4ccc(O)cc4)P4(=O)Oc5ccccc5-c5ccccc54)cc3)cc2)c2ccc(O)cc2)Oc2ccccc2-c2ccccc21. The number of nitrogens with one attached hydrogen (secondary N) is 2. The molecule has 4 N–H and O–H groups in total. The molecular formula is C51H40N2O6P2. The van der Waals surface area contributed by atoms with E-state index in [-0.39, 0.29) is 11.5 Å². The molecule has 61 heavy (non-hydrogen) atoms. The molecule has 0 aliphatic carbocycles. The van der Waals surface area contributed by atoms with E-state index in [4.69, 9.17) is 9.05 Å². The Morgan fingerprint density at radius 1 is 0.410 bits per heavy atom. The first-order valence-electron chi connectivity index (χ1n) is 20.0. The van der Waals surface area contributed by atoms with Gasteiger partial charge in [0.1, 0.15) is 34.6 Å². The molecule has 0 fully saturated rings. The van der Waals surface area contributed by atoms with Crippen molar-refractivity contribution in [3.63, 3.8) is 0 Å². The summed E-state index contributed by atoms with van der Waals surface area (Å²) in [6.07, 6.45) is 0.654. The maximum Gasteiger partial charge on any atom is 0.303 e. The highest BCUT2D eigenvalue weighted by Gasteiger charge is 2.45. The monoisotopic (exact) mass is 838 g/mol. The summed E-state index contributed by atoms with van der Waals surface area (Å²) in [4.78, 5) is 0. The number of para-hydroxylation sites is 2. The van der Waals surface area contributed by atoms with Crippen LogP contribution in [-0.4, -0.2) is 10.2 Å². The fourth-order valence-electron chi connectivity index (χ4n) is 8.29. The van der Waals surface area contributed by atoms with E-state index < -0.39 is 26.3 Å². The van der Waals surface area contributed by atoms with E-state index in [1.807, 2.05) is 146 Å². The lowest BCUT2D eigenvalue weighted by Crippen LogP contribution is -2.26. The third-order valence-corrected chi connectivity index (χ3v) is 16.6. The third-order valence-electron chi connectivity index (χ3n) is 11.3. The molecule has 2 aliphatic heterocycles. The van der Waals surface area contributed by atoms with Crippen LogP contribution >= 0.6 is 14.7 Å². The Hall–Kier alpha value is -6.98. The summed E-state index contributed by atoms with van der Waals surface area (Å²) in [5.74, 6) is -0.140. The van der Waals surface area contributed by atoms with E-state index in [1.54, 1.807) is 48.5 Å². The van der Waals surface area contributed by atoms with Gasteiger partial charge >= 0.3 is 14.7 Å². The molecule has 2 heterocycles. The third kappa shape index (κ3) is 7.14. The predicted octanol–water partition coefficient (Wildman–Crippen LogP) is 12.2. The molecule has 0 saturated heterocycles. The van der Waals surface area contributed by atoms with Crippen molar-refractivity contribution < 1.29 is 28.4 Å². The quantitative estimate of drug-likeness (QED) is 0.101. The normalized spacial score (nSPS) is 18.1. The molecule has 0 aromatic heterocycles. The van der Waals surface area contributed by atoms with Crippen molar-refractivity contribution in [3.8, 4) is 45.3 Å². The van der Waals surface area contributed by atoms with Gasteiger partial charge in [-0.3, -0.25) is 9.13 Å². The minimum atomic E-state index is -3.63. The number of benzene rings is 8. The van der Waals surface area contributed by atoms with Gasteiger partial charge in [-0.1, -0.05) is 121 Å². The van der Waals surface area contributed by atoms with Crippen molar-refractivity contribution in [1.29, 1.82) is 0 Å². The van der Waals surface area contributed by atoms with Crippen molar-refractivity contribution in [2.75, 3.05) is 10.6 Å². The first-order valence-corrected chi connectivity index (χ1v) is 23.4. The summed E-state index contributed by atoms with van der Waals surface area (Å²) in [5, 5.41) is 28.6. The zero-order valence-corrected chi connectivity index (χ0v) is 34.5. The van der Waals surface area contributed by atoms with Crippen molar-refractivity contribution in [1.82, 2.24) is 0 Å². The molecule has 10 heteroatoms. The average molecular weight is 839 g/mol. The molecule has 8 aromatic rings. The van der Waals surface area contributed by atoms with Crippen molar-refractivity contribution in [2.45, 2.75) is 18.0 Å². The van der Waals surface area contributed by atoms with Crippen LogP contribution < -0.4 is 30.3 Å². The maximum atomic E-state index is 15.3. The van der Waals surface area contributed by atoms with E-state index in [0.29, 0.717) is 28.5 Å². The standard InChI is InChI=1S/C51H40N2O6P2/c54-40-29-21-36(22-30-40)50(60(56)48-15-7-3-11-44(48)42-9-1-5-13-46(42)58-60)52-38-25-17-34(18-26-38)33-35-19-27-39(28-20-35)53-51(37-23-31-41(55)32-24-37)61(57)49-16-8-4-12-45(49)43-10-2-6-14-47(43)59-61/h1-32,50-55H,33H2. The van der Waals surface area contributed by atoms with E-state index in [0.717, 1.165) is 55.9 Å². The lowest BCUT2D eigenvalue weighted by molar-refractivity contribution is 0.473. The summed E-state index contributed by atoms with van der Waals surface area (Å²) in [7, 11) is -7.26. The lowest BCUT2D eigenvalue weighted by Gasteiger charge is -2.35. The highest BCUT2D eigenvalue weighted by atomic mass is 31.2. The highest BCUT2D eigenvalue weighted by Crippen LogP contribution is 2.65. The maximum absolute atomic E-state index is 15.3. The van der Waals surface area contributed by atoms with Gasteiger partial charge in [-0.2, -0.15) is 0 Å². The minimum absolute atomic E-state index is 0.118. The average Bonchev–Trinajstić information content (AvgIpc) is 3.29. The Morgan fingerprint density at radius 2 is 0.754 bits per heavy atom. The second-order valence-corrected chi connectivity index (χ2v) is 20.0. The Bertz CT molecular complexity index is 2790. The second kappa shape index (κ2) is 15.6. The Kier molecular flexibility index (Phi) is 9.75. The van der Waals surface area contributed by atoms with Crippen LogP contribution in [0.15, 0.2) is 194 Å². The number of anilines is 2. The highest BCUT2D eigenvalue weighted by molar-refractivity contribution is 7.68. The van der Waals surface area contributed by atoms with Gasteiger partial charge in [0.2, 0.25) is 0 Å². The predicted molar refractivity (Wildman–Crippen MR) is 244 cm³/mol. The van der Waals surface area contributed by atoms with Crippen LogP contribution in [0.1, 0.15) is 33.8 Å². The van der Waals surface area contributed by atoms with Gasteiger partial charge in [0.05, 0.1) is 10.6 Å². The number of aromatic hydroxyl groups is 2. The molecule has 0 radical (unpaired) electrons. The number of hydrogen-bond acceptors (Lipinski definition) is 8. The smallest absolute Gasteiger partial charge is 0.303 e. The number of phenolic OH excluding ortho intramolecular Hbond substituents is 2. The van der Waals surface area contributed by atoms with Crippen molar-refractivity contribution in [3.05, 3.63) is 216 Å². The van der Waals surface area contributed by atoms with Gasteiger partial charge in [0.15, 0.2) is 0 Å². The van der Waals surface area contributed by atoms with Gasteiger partial charge in [0.25, 0.3) is 0 Å². The first kappa shape index (κ1) is 38.2. The fraction of sp³-hybridized carbons (Fsp3) is 0.0588. The molecule has 0 bridgehead atoms. The molecule has 0 amide bonds. The van der Waals surface area contributed by atoms with Crippen LogP contribution in [0.3, 0.4) is 0 Å². The summed E-state index contributed by atoms with van der Waals surface area (Å²) < 4.78 is 43.6. The zero-order chi connectivity index (χ0) is 41.6. The molecule has 0 spiro atoms. The Morgan fingerprint density at radius 3 is 1.15 bits per heavy atom. The van der Waals surface area contributed by atoms with Gasteiger partial charge < -0.3 is 29.9 Å². The topological polar surface area (TPSA) is 117 Å². The fourth-order valence-corrected chi connectivity index (χ4v) is 13.6. The van der Waals surface area contributed by atoms with Gasteiger partial charge in [0, 0.05) is 22.5 Å². The molecule has 8 nitrogen and oxygen atoms in total. The number of hydrogen-bond donors (Lipinski definition) is 4. The molecular weight excluding hydrogens is 799 g/mol. The van der Waals surface area contributed by atoms with Crippen molar-refractivity contribution in [2.24, 2.45) is 0 Å². The molecule has 8 aromatic carbocycles. The summed E-state index contributed by atoms with van der Waals surface area (Å²) in [5.41, 5.74) is 8.65. The molecule has 4 atom stereocenters. The molecule has 0 saturated carbocycles.